The Morgan fingerprint density at radius 1 is 1.33 bits per heavy atom. The molecule has 12 heavy (non-hydrogen) atoms. The summed E-state index contributed by atoms with van der Waals surface area (Å²) in [6.07, 6.45) is -2.50. The van der Waals surface area contributed by atoms with E-state index in [0.717, 1.165) is 4.68 Å². The number of hydrogen-bond donors (Lipinski definition) is 0. The van der Waals surface area contributed by atoms with E-state index in [-0.39, 0.29) is 11.6 Å². The molecule has 1 heterocycles. The van der Waals surface area contributed by atoms with Crippen molar-refractivity contribution in [3.63, 3.8) is 0 Å². The zero-order valence-electron chi connectivity index (χ0n) is 7.25. The van der Waals surface area contributed by atoms with Gasteiger partial charge in [-0.3, -0.25) is 0 Å². The second kappa shape index (κ2) is 3.16. The van der Waals surface area contributed by atoms with E-state index in [0.29, 0.717) is 5.69 Å². The molecule has 0 saturated carbocycles. The third kappa shape index (κ3) is 1.44. The fraction of sp³-hybridized carbons (Fsp3) is 0.714. The van der Waals surface area contributed by atoms with Crippen LogP contribution in [0.2, 0.25) is 0 Å². The van der Waals surface area contributed by atoms with Crippen molar-refractivity contribution in [3.05, 3.63) is 11.4 Å². The fourth-order valence-electron chi connectivity index (χ4n) is 1.04. The Morgan fingerprint density at radius 2 is 1.92 bits per heavy atom. The average molecular weight is 175 g/mol. The van der Waals surface area contributed by atoms with Crippen LogP contribution in [0.15, 0.2) is 0 Å². The number of nitrogens with zero attached hydrogens (tertiary/aromatic N) is 3. The minimum atomic E-state index is -2.50. The smallest absolute Gasteiger partial charge is 0.246 e. The third-order valence-corrected chi connectivity index (χ3v) is 1.65. The molecule has 0 aliphatic heterocycles. The highest BCUT2D eigenvalue weighted by Crippen LogP contribution is 2.25. The van der Waals surface area contributed by atoms with Gasteiger partial charge >= 0.3 is 0 Å². The second-order valence-electron chi connectivity index (χ2n) is 2.94. The number of halogens is 2. The van der Waals surface area contributed by atoms with E-state index in [2.05, 4.69) is 10.3 Å². The molecule has 0 fully saturated rings. The molecule has 0 aliphatic rings. The molecule has 0 unspecified atom stereocenters. The van der Waals surface area contributed by atoms with Crippen molar-refractivity contribution in [1.82, 2.24) is 15.0 Å². The van der Waals surface area contributed by atoms with E-state index < -0.39 is 6.43 Å². The first-order chi connectivity index (χ1) is 5.54. The third-order valence-electron chi connectivity index (χ3n) is 1.65. The van der Waals surface area contributed by atoms with E-state index in [1.165, 1.54) is 7.05 Å². The van der Waals surface area contributed by atoms with E-state index in [4.69, 9.17) is 0 Å². The van der Waals surface area contributed by atoms with Crippen LogP contribution in [0.1, 0.15) is 37.6 Å². The van der Waals surface area contributed by atoms with Crippen molar-refractivity contribution in [3.8, 4) is 0 Å². The lowest BCUT2D eigenvalue weighted by Gasteiger charge is -2.04. The maximum absolute atomic E-state index is 12.4. The van der Waals surface area contributed by atoms with Gasteiger partial charge < -0.3 is 0 Å². The van der Waals surface area contributed by atoms with Crippen molar-refractivity contribution in [2.24, 2.45) is 7.05 Å². The van der Waals surface area contributed by atoms with E-state index in [1.54, 1.807) is 0 Å². The number of aromatic nitrogens is 3. The highest BCUT2D eigenvalue weighted by molar-refractivity contribution is 5.14. The van der Waals surface area contributed by atoms with Gasteiger partial charge in [0.2, 0.25) is 0 Å². The van der Waals surface area contributed by atoms with Crippen LogP contribution in [0.3, 0.4) is 0 Å². The predicted molar refractivity (Wildman–Crippen MR) is 40.0 cm³/mol. The van der Waals surface area contributed by atoms with Crippen LogP contribution in [0.4, 0.5) is 8.78 Å². The molecule has 0 radical (unpaired) electrons. The largest absolute Gasteiger partial charge is 0.281 e. The molecule has 0 N–H and O–H groups in total. The Balaban J connectivity index is 3.12. The molecule has 0 atom stereocenters. The van der Waals surface area contributed by atoms with Gasteiger partial charge in [0.1, 0.15) is 5.69 Å². The summed E-state index contributed by atoms with van der Waals surface area (Å²) in [5.41, 5.74) is 0.303. The summed E-state index contributed by atoms with van der Waals surface area (Å²) in [4.78, 5) is 0. The molecule has 0 bridgehead atoms. The number of rotatable bonds is 2. The van der Waals surface area contributed by atoms with E-state index in [1.807, 2.05) is 13.8 Å². The van der Waals surface area contributed by atoms with Crippen molar-refractivity contribution in [2.75, 3.05) is 0 Å². The summed E-state index contributed by atoms with van der Waals surface area (Å²) in [7, 11) is 1.47. The summed E-state index contributed by atoms with van der Waals surface area (Å²) in [5, 5.41) is 7.22. The van der Waals surface area contributed by atoms with Gasteiger partial charge in [-0.15, -0.1) is 5.10 Å². The molecule has 1 aromatic heterocycles. The van der Waals surface area contributed by atoms with Crippen LogP contribution in [-0.4, -0.2) is 15.0 Å². The maximum Gasteiger partial charge on any atom is 0.281 e. The lowest BCUT2D eigenvalue weighted by Crippen LogP contribution is -2.01. The molecule has 68 valence electrons. The zero-order valence-corrected chi connectivity index (χ0v) is 7.25. The SMILES string of the molecule is CC(C)c1nnn(C)c1C(F)F. The molecule has 0 aromatic carbocycles. The second-order valence-corrected chi connectivity index (χ2v) is 2.94. The molecular weight excluding hydrogens is 164 g/mol. The molecule has 1 aromatic rings. The Labute approximate surface area is 69.4 Å². The number of alkyl halides is 2. The van der Waals surface area contributed by atoms with Crippen LogP contribution in [0.25, 0.3) is 0 Å². The van der Waals surface area contributed by atoms with Gasteiger partial charge in [0.05, 0.1) is 5.69 Å². The lowest BCUT2D eigenvalue weighted by atomic mass is 10.1. The summed E-state index contributed by atoms with van der Waals surface area (Å²) in [5.74, 6) is -0.0114. The monoisotopic (exact) mass is 175 g/mol. The Bertz CT molecular complexity index is 268. The first-order valence-corrected chi connectivity index (χ1v) is 3.71. The zero-order chi connectivity index (χ0) is 9.30. The number of aryl methyl sites for hydroxylation is 1. The Kier molecular flexibility index (Phi) is 2.40. The average Bonchev–Trinajstić information content (AvgIpc) is 2.30. The summed E-state index contributed by atoms with van der Waals surface area (Å²) in [6.45, 7) is 3.63. The minimum Gasteiger partial charge on any atom is -0.246 e. The van der Waals surface area contributed by atoms with Crippen LogP contribution in [0.5, 0.6) is 0 Å². The summed E-state index contributed by atoms with van der Waals surface area (Å²) in [6, 6.07) is 0. The molecular formula is C7H11F2N3. The van der Waals surface area contributed by atoms with Crippen molar-refractivity contribution < 1.29 is 8.78 Å². The van der Waals surface area contributed by atoms with E-state index >= 15 is 0 Å². The molecule has 0 aliphatic carbocycles. The van der Waals surface area contributed by atoms with Gasteiger partial charge in [0, 0.05) is 7.05 Å². The van der Waals surface area contributed by atoms with Crippen molar-refractivity contribution in [1.29, 1.82) is 0 Å². The highest BCUT2D eigenvalue weighted by Gasteiger charge is 2.21. The first-order valence-electron chi connectivity index (χ1n) is 3.71. The first kappa shape index (κ1) is 9.09. The Hall–Kier alpha value is -1.00. The van der Waals surface area contributed by atoms with Crippen LogP contribution >= 0.6 is 0 Å². The van der Waals surface area contributed by atoms with Gasteiger partial charge in [0.15, 0.2) is 0 Å². The minimum absolute atomic E-state index is 0.0114. The van der Waals surface area contributed by atoms with Crippen LogP contribution in [0, 0.1) is 0 Å². The highest BCUT2D eigenvalue weighted by atomic mass is 19.3. The van der Waals surface area contributed by atoms with Crippen LogP contribution < -0.4 is 0 Å². The van der Waals surface area contributed by atoms with Gasteiger partial charge in [-0.2, -0.15) is 0 Å². The fourth-order valence-corrected chi connectivity index (χ4v) is 1.04. The lowest BCUT2D eigenvalue weighted by molar-refractivity contribution is 0.139. The van der Waals surface area contributed by atoms with Crippen LogP contribution in [-0.2, 0) is 7.05 Å². The molecule has 5 heteroatoms. The van der Waals surface area contributed by atoms with Gasteiger partial charge in [0.25, 0.3) is 6.43 Å². The normalized spacial score (nSPS) is 11.6. The standard InChI is InChI=1S/C7H11F2N3/c1-4(2)5-6(7(8)9)12(3)11-10-5/h4,7H,1-3H3. The van der Waals surface area contributed by atoms with Crippen molar-refractivity contribution >= 4 is 0 Å². The van der Waals surface area contributed by atoms with Gasteiger partial charge in [-0.1, -0.05) is 19.1 Å². The predicted octanol–water partition coefficient (Wildman–Crippen LogP) is 1.88. The van der Waals surface area contributed by atoms with Crippen molar-refractivity contribution in [2.45, 2.75) is 26.2 Å². The van der Waals surface area contributed by atoms with Gasteiger partial charge in [-0.05, 0) is 5.92 Å². The molecule has 0 amide bonds. The summed E-state index contributed by atoms with van der Waals surface area (Å²) >= 11 is 0. The topological polar surface area (TPSA) is 30.7 Å². The number of hydrogen-bond acceptors (Lipinski definition) is 2. The summed E-state index contributed by atoms with van der Waals surface area (Å²) < 4.78 is 25.9. The maximum atomic E-state index is 12.4. The Morgan fingerprint density at radius 3 is 2.25 bits per heavy atom. The molecule has 0 spiro atoms. The van der Waals surface area contributed by atoms with E-state index in [9.17, 15) is 8.78 Å². The van der Waals surface area contributed by atoms with Gasteiger partial charge in [-0.25, -0.2) is 13.5 Å². The quantitative estimate of drug-likeness (QED) is 0.687. The molecule has 1 rings (SSSR count). The molecule has 3 nitrogen and oxygen atoms in total. The molecule has 0 saturated heterocycles.